The number of rotatable bonds is 6. The van der Waals surface area contributed by atoms with Gasteiger partial charge in [0.05, 0.1) is 13.0 Å². The van der Waals surface area contributed by atoms with Crippen LogP contribution in [0.5, 0.6) is 5.75 Å². The highest BCUT2D eigenvalue weighted by molar-refractivity contribution is 5.91. The summed E-state index contributed by atoms with van der Waals surface area (Å²) in [5, 5.41) is 2.94. The maximum atomic E-state index is 12.2. The van der Waals surface area contributed by atoms with E-state index in [1.807, 2.05) is 42.5 Å². The summed E-state index contributed by atoms with van der Waals surface area (Å²) in [7, 11) is 0. The number of ether oxygens (including phenoxy) is 1. The first kappa shape index (κ1) is 18.1. The van der Waals surface area contributed by atoms with Crippen LogP contribution >= 0.6 is 0 Å². The number of carbonyl (C=O) groups excluding carboxylic acids is 1. The van der Waals surface area contributed by atoms with Gasteiger partial charge < -0.3 is 15.0 Å². The van der Waals surface area contributed by atoms with E-state index in [4.69, 9.17) is 4.74 Å². The summed E-state index contributed by atoms with van der Waals surface area (Å²) in [6.45, 7) is 2.60. The summed E-state index contributed by atoms with van der Waals surface area (Å²) < 4.78 is 5.58. The molecule has 0 aliphatic carbocycles. The highest BCUT2D eigenvalue weighted by Crippen LogP contribution is 2.38. The second-order valence-corrected chi connectivity index (χ2v) is 7.06. The Morgan fingerprint density at radius 3 is 2.50 bits per heavy atom. The van der Waals surface area contributed by atoms with Gasteiger partial charge in [0.1, 0.15) is 5.75 Å². The number of anilines is 3. The van der Waals surface area contributed by atoms with E-state index in [2.05, 4.69) is 53.5 Å². The van der Waals surface area contributed by atoms with E-state index in [-0.39, 0.29) is 5.91 Å². The van der Waals surface area contributed by atoms with Gasteiger partial charge >= 0.3 is 0 Å². The molecule has 4 rings (SSSR count). The third kappa shape index (κ3) is 4.01. The first-order valence-corrected chi connectivity index (χ1v) is 9.65. The fraction of sp³-hybridized carbons (Fsp3) is 0.208. The molecule has 4 nitrogen and oxygen atoms in total. The van der Waals surface area contributed by atoms with Crippen molar-refractivity contribution in [3.05, 3.63) is 84.4 Å². The molecule has 3 aromatic carbocycles. The summed E-state index contributed by atoms with van der Waals surface area (Å²) in [6.07, 6.45) is 1.36. The van der Waals surface area contributed by atoms with Gasteiger partial charge in [0.15, 0.2) is 0 Å². The summed E-state index contributed by atoms with van der Waals surface area (Å²) in [5.74, 6) is 0.725. The number of carbonyl (C=O) groups is 1. The predicted octanol–water partition coefficient (Wildman–Crippen LogP) is 5.18. The van der Waals surface area contributed by atoms with Crippen molar-refractivity contribution in [1.82, 2.24) is 0 Å². The van der Waals surface area contributed by atoms with Crippen LogP contribution in [0.15, 0.2) is 78.9 Å². The zero-order chi connectivity index (χ0) is 19.3. The van der Waals surface area contributed by atoms with Gasteiger partial charge in [0.2, 0.25) is 5.91 Å². The summed E-state index contributed by atoms with van der Waals surface area (Å²) in [6, 6.07) is 26.5. The Labute approximate surface area is 165 Å². The van der Waals surface area contributed by atoms with Crippen LogP contribution in [0.2, 0.25) is 0 Å². The Bertz CT molecular complexity index is 938. The zero-order valence-corrected chi connectivity index (χ0v) is 16.0. The lowest BCUT2D eigenvalue weighted by Crippen LogP contribution is -2.23. The van der Waals surface area contributed by atoms with Crippen LogP contribution in [-0.4, -0.2) is 18.6 Å². The molecule has 28 heavy (non-hydrogen) atoms. The minimum Gasteiger partial charge on any atom is -0.493 e. The normalized spacial score (nSPS) is 15.2. The molecule has 4 heteroatoms. The molecule has 0 fully saturated rings. The first-order valence-electron chi connectivity index (χ1n) is 9.65. The number of hydrogen-bond acceptors (Lipinski definition) is 3. The standard InChI is InChI=1S/C24H24N2O2/c1-18-17-19-7-5-6-10-23(19)26(18)21-13-11-20(12-14-21)25-24(27)15-16-28-22-8-3-2-4-9-22/h2-14,18H,15-17H2,1H3,(H,25,27). The Hall–Kier alpha value is -3.27. The van der Waals surface area contributed by atoms with Crippen LogP contribution in [-0.2, 0) is 11.2 Å². The van der Waals surface area contributed by atoms with E-state index in [0.717, 1.165) is 23.5 Å². The Morgan fingerprint density at radius 1 is 1.00 bits per heavy atom. The number of fused-ring (bicyclic) bond motifs is 1. The molecule has 1 amide bonds. The van der Waals surface area contributed by atoms with Crippen molar-refractivity contribution in [1.29, 1.82) is 0 Å². The SMILES string of the molecule is CC1Cc2ccccc2N1c1ccc(NC(=O)CCOc2ccccc2)cc1. The van der Waals surface area contributed by atoms with Gasteiger partial charge in [0, 0.05) is 23.1 Å². The molecule has 0 saturated heterocycles. The van der Waals surface area contributed by atoms with Crippen LogP contribution in [0.1, 0.15) is 18.9 Å². The number of amides is 1. The van der Waals surface area contributed by atoms with Crippen LogP contribution in [0, 0.1) is 0 Å². The molecule has 0 aromatic heterocycles. The van der Waals surface area contributed by atoms with Crippen LogP contribution in [0.3, 0.4) is 0 Å². The van der Waals surface area contributed by atoms with Gasteiger partial charge in [-0.3, -0.25) is 4.79 Å². The molecule has 1 heterocycles. The van der Waals surface area contributed by atoms with Crippen molar-refractivity contribution in [2.75, 3.05) is 16.8 Å². The van der Waals surface area contributed by atoms with Crippen molar-refractivity contribution < 1.29 is 9.53 Å². The molecule has 1 N–H and O–H groups in total. The van der Waals surface area contributed by atoms with E-state index >= 15 is 0 Å². The molecule has 1 unspecified atom stereocenters. The maximum absolute atomic E-state index is 12.2. The van der Waals surface area contributed by atoms with Crippen molar-refractivity contribution in [2.24, 2.45) is 0 Å². The zero-order valence-electron chi connectivity index (χ0n) is 16.0. The van der Waals surface area contributed by atoms with Crippen LogP contribution in [0.25, 0.3) is 0 Å². The number of nitrogens with zero attached hydrogens (tertiary/aromatic N) is 1. The first-order chi connectivity index (χ1) is 13.7. The number of benzene rings is 3. The van der Waals surface area contributed by atoms with E-state index in [1.54, 1.807) is 0 Å². The minimum absolute atomic E-state index is 0.0523. The minimum atomic E-state index is -0.0523. The number of nitrogens with one attached hydrogen (secondary N) is 1. The van der Waals surface area contributed by atoms with E-state index in [0.29, 0.717) is 19.1 Å². The highest BCUT2D eigenvalue weighted by atomic mass is 16.5. The van der Waals surface area contributed by atoms with E-state index in [1.165, 1.54) is 11.3 Å². The summed E-state index contributed by atoms with van der Waals surface area (Å²) in [4.78, 5) is 14.5. The highest BCUT2D eigenvalue weighted by Gasteiger charge is 2.26. The lowest BCUT2D eigenvalue weighted by atomic mass is 10.1. The third-order valence-electron chi connectivity index (χ3n) is 4.98. The molecular formula is C24H24N2O2. The second kappa shape index (κ2) is 8.17. The molecule has 0 spiro atoms. The largest absolute Gasteiger partial charge is 0.493 e. The Kier molecular flexibility index (Phi) is 5.29. The molecule has 1 aliphatic heterocycles. The van der Waals surface area contributed by atoms with Crippen molar-refractivity contribution in [3.8, 4) is 5.75 Å². The summed E-state index contributed by atoms with van der Waals surface area (Å²) >= 11 is 0. The van der Waals surface area contributed by atoms with Crippen LogP contribution < -0.4 is 15.0 Å². The topological polar surface area (TPSA) is 41.6 Å². The molecular weight excluding hydrogens is 348 g/mol. The number of hydrogen-bond donors (Lipinski definition) is 1. The maximum Gasteiger partial charge on any atom is 0.227 e. The molecule has 1 atom stereocenters. The van der Waals surface area contributed by atoms with Crippen molar-refractivity contribution in [3.63, 3.8) is 0 Å². The van der Waals surface area contributed by atoms with Crippen molar-refractivity contribution >= 4 is 23.0 Å². The fourth-order valence-corrected chi connectivity index (χ4v) is 3.67. The lowest BCUT2D eigenvalue weighted by molar-refractivity contribution is -0.116. The molecule has 142 valence electrons. The molecule has 0 radical (unpaired) electrons. The Balaban J connectivity index is 1.34. The molecule has 1 aliphatic rings. The average molecular weight is 372 g/mol. The molecule has 3 aromatic rings. The third-order valence-corrected chi connectivity index (χ3v) is 4.98. The smallest absolute Gasteiger partial charge is 0.227 e. The summed E-state index contributed by atoms with van der Waals surface area (Å²) in [5.41, 5.74) is 4.59. The van der Waals surface area contributed by atoms with Crippen LogP contribution in [0.4, 0.5) is 17.1 Å². The Morgan fingerprint density at radius 2 is 1.71 bits per heavy atom. The van der Waals surface area contributed by atoms with Gasteiger partial charge in [-0.2, -0.15) is 0 Å². The number of para-hydroxylation sites is 2. The van der Waals surface area contributed by atoms with E-state index in [9.17, 15) is 4.79 Å². The van der Waals surface area contributed by atoms with Gasteiger partial charge in [-0.1, -0.05) is 36.4 Å². The van der Waals surface area contributed by atoms with Gasteiger partial charge in [-0.05, 0) is 61.4 Å². The van der Waals surface area contributed by atoms with Gasteiger partial charge in [-0.15, -0.1) is 0 Å². The average Bonchev–Trinajstić information content (AvgIpc) is 3.05. The van der Waals surface area contributed by atoms with Gasteiger partial charge in [0.25, 0.3) is 0 Å². The molecule has 0 bridgehead atoms. The second-order valence-electron chi connectivity index (χ2n) is 7.06. The monoisotopic (exact) mass is 372 g/mol. The van der Waals surface area contributed by atoms with Gasteiger partial charge in [-0.25, -0.2) is 0 Å². The van der Waals surface area contributed by atoms with E-state index < -0.39 is 0 Å². The fourth-order valence-electron chi connectivity index (χ4n) is 3.67. The predicted molar refractivity (Wildman–Crippen MR) is 113 cm³/mol. The lowest BCUT2D eigenvalue weighted by Gasteiger charge is -2.25. The quantitative estimate of drug-likeness (QED) is 0.648. The molecule has 0 saturated carbocycles. The van der Waals surface area contributed by atoms with Crippen molar-refractivity contribution in [2.45, 2.75) is 25.8 Å².